The molecule has 0 aromatic heterocycles. The van der Waals surface area contributed by atoms with Crippen LogP contribution in [0.1, 0.15) is 47.3 Å². The first-order valence-electron chi connectivity index (χ1n) is 12.1. The minimum atomic E-state index is -3.67. The van der Waals surface area contributed by atoms with Crippen LogP contribution in [-0.2, 0) is 19.5 Å². The number of oxime groups is 2. The maximum absolute atomic E-state index is 13.3. The first-order chi connectivity index (χ1) is 18.1. The van der Waals surface area contributed by atoms with E-state index in [0.717, 1.165) is 33.7 Å². The number of sulfone groups is 1. The molecule has 0 spiro atoms. The van der Waals surface area contributed by atoms with Gasteiger partial charge in [-0.15, -0.1) is 0 Å². The highest BCUT2D eigenvalue weighted by atomic mass is 32.2. The molecule has 2 aliphatic rings. The standard InChI is InChI=1S/C30H24N2O4S/c33-37(34,25-15-11-21(12-16-25)27-19-29(35-31-27)23-7-3-1-4-8-23)26-17-13-22(14-18-26)28-20-30(36-32-28)24-9-5-2-6-10-24/h1-18,29-30H,19-20H2. The molecule has 4 aromatic carbocycles. The number of hydrogen-bond acceptors (Lipinski definition) is 6. The third-order valence-electron chi connectivity index (χ3n) is 6.68. The van der Waals surface area contributed by atoms with E-state index in [4.69, 9.17) is 9.68 Å². The van der Waals surface area contributed by atoms with Crippen LogP contribution in [0.2, 0.25) is 0 Å². The fourth-order valence-corrected chi connectivity index (χ4v) is 5.84. The first kappa shape index (κ1) is 23.2. The highest BCUT2D eigenvalue weighted by Gasteiger charge is 2.26. The van der Waals surface area contributed by atoms with Gasteiger partial charge in [0, 0.05) is 12.8 Å². The van der Waals surface area contributed by atoms with Crippen molar-refractivity contribution in [2.75, 3.05) is 0 Å². The zero-order chi connectivity index (χ0) is 25.2. The van der Waals surface area contributed by atoms with Gasteiger partial charge in [0.1, 0.15) is 0 Å². The molecule has 0 bridgehead atoms. The van der Waals surface area contributed by atoms with Gasteiger partial charge in [-0.25, -0.2) is 8.42 Å². The number of benzene rings is 4. The maximum Gasteiger partial charge on any atom is 0.206 e. The fraction of sp³-hybridized carbons (Fsp3) is 0.133. The van der Waals surface area contributed by atoms with Crippen LogP contribution in [0.4, 0.5) is 0 Å². The van der Waals surface area contributed by atoms with E-state index < -0.39 is 9.84 Å². The van der Waals surface area contributed by atoms with Crippen molar-refractivity contribution in [3.63, 3.8) is 0 Å². The molecule has 0 saturated heterocycles. The van der Waals surface area contributed by atoms with Gasteiger partial charge in [0.25, 0.3) is 0 Å². The average molecular weight is 509 g/mol. The molecule has 2 heterocycles. The SMILES string of the molecule is O=S(=O)(c1ccc(C2=NOC(c3ccccc3)C2)cc1)c1ccc(C2=NOC(c3ccccc3)C2)cc1. The summed E-state index contributed by atoms with van der Waals surface area (Å²) >= 11 is 0. The quantitative estimate of drug-likeness (QED) is 0.308. The molecule has 4 aromatic rings. The lowest BCUT2D eigenvalue weighted by Gasteiger charge is -2.09. The summed E-state index contributed by atoms with van der Waals surface area (Å²) in [6.07, 6.45) is 1.01. The third-order valence-corrected chi connectivity index (χ3v) is 8.46. The van der Waals surface area contributed by atoms with E-state index >= 15 is 0 Å². The van der Waals surface area contributed by atoms with Gasteiger partial charge in [-0.1, -0.05) is 95.2 Å². The van der Waals surface area contributed by atoms with E-state index in [1.807, 2.05) is 60.7 Å². The van der Waals surface area contributed by atoms with Crippen molar-refractivity contribution in [2.45, 2.75) is 34.8 Å². The monoisotopic (exact) mass is 508 g/mol. The van der Waals surface area contributed by atoms with Gasteiger partial charge in [0.15, 0.2) is 12.2 Å². The lowest BCUT2D eigenvalue weighted by atomic mass is 10.0. The Bertz CT molecular complexity index is 1450. The van der Waals surface area contributed by atoms with Crippen LogP contribution in [0.15, 0.2) is 129 Å². The van der Waals surface area contributed by atoms with E-state index in [2.05, 4.69) is 10.3 Å². The molecular formula is C30H24N2O4S. The van der Waals surface area contributed by atoms with Crippen molar-refractivity contribution in [3.8, 4) is 0 Å². The van der Waals surface area contributed by atoms with Crippen LogP contribution < -0.4 is 0 Å². The molecule has 6 nitrogen and oxygen atoms in total. The molecule has 0 radical (unpaired) electrons. The Hall–Kier alpha value is -4.23. The molecule has 0 aliphatic carbocycles. The number of hydrogen-bond donors (Lipinski definition) is 0. The average Bonchev–Trinajstić information content (AvgIpc) is 3.65. The van der Waals surface area contributed by atoms with E-state index in [-0.39, 0.29) is 22.0 Å². The van der Waals surface area contributed by atoms with Gasteiger partial charge >= 0.3 is 0 Å². The van der Waals surface area contributed by atoms with Crippen LogP contribution in [0.25, 0.3) is 0 Å². The van der Waals surface area contributed by atoms with Crippen LogP contribution in [0.5, 0.6) is 0 Å². The van der Waals surface area contributed by atoms with Crippen molar-refractivity contribution >= 4 is 21.3 Å². The Balaban J connectivity index is 1.14. The first-order valence-corrected chi connectivity index (χ1v) is 13.6. The molecule has 0 N–H and O–H groups in total. The van der Waals surface area contributed by atoms with Crippen LogP contribution in [-0.4, -0.2) is 19.8 Å². The van der Waals surface area contributed by atoms with Gasteiger partial charge in [0.2, 0.25) is 9.84 Å². The summed E-state index contributed by atoms with van der Waals surface area (Å²) in [5, 5.41) is 8.46. The molecule has 184 valence electrons. The van der Waals surface area contributed by atoms with Crippen molar-refractivity contribution in [2.24, 2.45) is 10.3 Å². The minimum Gasteiger partial charge on any atom is -0.387 e. The predicted molar refractivity (Wildman–Crippen MR) is 141 cm³/mol. The molecule has 6 rings (SSSR count). The predicted octanol–water partition coefficient (Wildman–Crippen LogP) is 6.25. The molecule has 2 atom stereocenters. The van der Waals surface area contributed by atoms with Crippen molar-refractivity contribution in [1.29, 1.82) is 0 Å². The normalized spacial score (nSPS) is 19.0. The largest absolute Gasteiger partial charge is 0.387 e. The summed E-state index contributed by atoms with van der Waals surface area (Å²) in [5.74, 6) is 0. The van der Waals surface area contributed by atoms with E-state index in [1.165, 1.54) is 0 Å². The molecule has 0 amide bonds. The molecule has 2 unspecified atom stereocenters. The maximum atomic E-state index is 13.3. The van der Waals surface area contributed by atoms with Gasteiger partial charge in [-0.3, -0.25) is 0 Å². The smallest absolute Gasteiger partial charge is 0.206 e. The molecular weight excluding hydrogens is 484 g/mol. The molecule has 0 saturated carbocycles. The Labute approximate surface area is 215 Å². The zero-order valence-electron chi connectivity index (χ0n) is 19.9. The topological polar surface area (TPSA) is 77.3 Å². The second kappa shape index (κ2) is 9.67. The highest BCUT2D eigenvalue weighted by molar-refractivity contribution is 7.91. The van der Waals surface area contributed by atoms with Crippen LogP contribution in [0.3, 0.4) is 0 Å². The van der Waals surface area contributed by atoms with Crippen LogP contribution >= 0.6 is 0 Å². The van der Waals surface area contributed by atoms with Crippen molar-refractivity contribution < 1.29 is 18.1 Å². The fourth-order valence-electron chi connectivity index (χ4n) is 4.58. The highest BCUT2D eigenvalue weighted by Crippen LogP contribution is 2.32. The summed E-state index contributed by atoms with van der Waals surface area (Å²) in [5.41, 5.74) is 5.43. The Kier molecular flexibility index (Phi) is 6.06. The third kappa shape index (κ3) is 4.66. The van der Waals surface area contributed by atoms with Crippen molar-refractivity contribution in [1.82, 2.24) is 0 Å². The summed E-state index contributed by atoms with van der Waals surface area (Å²) < 4.78 is 26.5. The van der Waals surface area contributed by atoms with E-state index in [0.29, 0.717) is 12.8 Å². The summed E-state index contributed by atoms with van der Waals surface area (Å²) in [6.45, 7) is 0. The van der Waals surface area contributed by atoms with Gasteiger partial charge in [-0.2, -0.15) is 0 Å². The Morgan fingerprint density at radius 1 is 0.541 bits per heavy atom. The lowest BCUT2D eigenvalue weighted by Crippen LogP contribution is -2.05. The second-order valence-corrected chi connectivity index (χ2v) is 11.0. The van der Waals surface area contributed by atoms with Gasteiger partial charge < -0.3 is 9.68 Å². The second-order valence-electron chi connectivity index (χ2n) is 9.05. The Morgan fingerprint density at radius 2 is 0.919 bits per heavy atom. The van der Waals surface area contributed by atoms with Gasteiger partial charge in [0.05, 0.1) is 21.2 Å². The molecule has 37 heavy (non-hydrogen) atoms. The molecule has 0 fully saturated rings. The van der Waals surface area contributed by atoms with E-state index in [9.17, 15) is 8.42 Å². The van der Waals surface area contributed by atoms with Crippen molar-refractivity contribution in [3.05, 3.63) is 131 Å². The number of rotatable bonds is 6. The number of nitrogens with zero attached hydrogens (tertiary/aromatic N) is 2. The summed E-state index contributed by atoms with van der Waals surface area (Å²) in [6, 6.07) is 33.5. The molecule has 2 aliphatic heterocycles. The summed E-state index contributed by atoms with van der Waals surface area (Å²) in [4.78, 5) is 11.7. The lowest BCUT2D eigenvalue weighted by molar-refractivity contribution is 0.0857. The summed E-state index contributed by atoms with van der Waals surface area (Å²) in [7, 11) is -3.67. The molecule has 7 heteroatoms. The Morgan fingerprint density at radius 3 is 1.30 bits per heavy atom. The zero-order valence-corrected chi connectivity index (χ0v) is 20.7. The van der Waals surface area contributed by atoms with E-state index in [1.54, 1.807) is 48.5 Å². The van der Waals surface area contributed by atoms with Gasteiger partial charge in [-0.05, 0) is 46.5 Å². The minimum absolute atomic E-state index is 0.129. The van der Waals surface area contributed by atoms with Crippen LogP contribution in [0, 0.1) is 0 Å².